The van der Waals surface area contributed by atoms with E-state index in [1.165, 1.54) is 13.8 Å². The lowest BCUT2D eigenvalue weighted by atomic mass is 9.95. The van der Waals surface area contributed by atoms with Gasteiger partial charge < -0.3 is 25.6 Å². The molecule has 10 nitrogen and oxygen atoms in total. The number of Topliss-reactive ketones (excluding diaryl/α,β-unsaturated/α-hetero) is 2. The minimum absolute atomic E-state index is 0.0534. The standard InChI is InChI=1S/C21H34N2O8/c1-13(15(3)25)6-4-5-11-22-21(31)17(8-10-19(28)29)23-20(30)16(12-14(2)24)7-9-18(26)27/h13,16-17H,4-12H2,1-3H3,(H,22,31)(H,23,30)(H,26,27)(H,28,29)/t13-,16+,17-/m0/s1. The van der Waals surface area contributed by atoms with Gasteiger partial charge in [0, 0.05) is 37.6 Å². The quantitative estimate of drug-likeness (QED) is 0.245. The number of carboxylic acids is 2. The molecule has 0 saturated heterocycles. The highest BCUT2D eigenvalue weighted by molar-refractivity contribution is 5.91. The van der Waals surface area contributed by atoms with Gasteiger partial charge in [0.25, 0.3) is 0 Å². The summed E-state index contributed by atoms with van der Waals surface area (Å²) in [6, 6.07) is -1.11. The van der Waals surface area contributed by atoms with Crippen molar-refractivity contribution in [2.45, 2.75) is 78.2 Å². The van der Waals surface area contributed by atoms with Gasteiger partial charge in [0.1, 0.15) is 17.6 Å². The number of carbonyl (C=O) groups is 6. The fourth-order valence-corrected chi connectivity index (χ4v) is 2.91. The smallest absolute Gasteiger partial charge is 0.303 e. The van der Waals surface area contributed by atoms with Gasteiger partial charge in [-0.25, -0.2) is 0 Å². The third-order valence-corrected chi connectivity index (χ3v) is 4.95. The Balaban J connectivity index is 4.88. The van der Waals surface area contributed by atoms with E-state index in [0.29, 0.717) is 19.4 Å². The Morgan fingerprint density at radius 2 is 1.39 bits per heavy atom. The molecule has 2 amide bonds. The zero-order valence-electron chi connectivity index (χ0n) is 18.4. The maximum absolute atomic E-state index is 12.6. The number of rotatable bonds is 17. The molecule has 0 saturated carbocycles. The summed E-state index contributed by atoms with van der Waals surface area (Å²) < 4.78 is 0. The molecular formula is C21H34N2O8. The first-order valence-electron chi connectivity index (χ1n) is 10.5. The fourth-order valence-electron chi connectivity index (χ4n) is 2.91. The summed E-state index contributed by atoms with van der Waals surface area (Å²) in [5.41, 5.74) is 0. The predicted octanol–water partition coefficient (Wildman–Crippen LogP) is 1.31. The lowest BCUT2D eigenvalue weighted by Gasteiger charge is -2.21. The van der Waals surface area contributed by atoms with Crippen molar-refractivity contribution < 1.29 is 39.0 Å². The third kappa shape index (κ3) is 14.0. The minimum Gasteiger partial charge on any atom is -0.481 e. The third-order valence-electron chi connectivity index (χ3n) is 4.95. The summed E-state index contributed by atoms with van der Waals surface area (Å²) in [6.07, 6.45) is 1.01. The van der Waals surface area contributed by atoms with Gasteiger partial charge in [-0.15, -0.1) is 0 Å². The minimum atomic E-state index is -1.13. The van der Waals surface area contributed by atoms with Gasteiger partial charge in [-0.2, -0.15) is 0 Å². The second-order valence-corrected chi connectivity index (χ2v) is 7.83. The number of hydrogen-bond acceptors (Lipinski definition) is 6. The Morgan fingerprint density at radius 1 is 0.806 bits per heavy atom. The molecule has 0 aliphatic carbocycles. The first-order valence-corrected chi connectivity index (χ1v) is 10.5. The molecule has 31 heavy (non-hydrogen) atoms. The molecule has 0 bridgehead atoms. The Hall–Kier alpha value is -2.78. The molecule has 0 aromatic heterocycles. The first-order chi connectivity index (χ1) is 14.4. The van der Waals surface area contributed by atoms with E-state index in [0.717, 1.165) is 6.42 Å². The van der Waals surface area contributed by atoms with Gasteiger partial charge in [0.15, 0.2) is 0 Å². The number of unbranched alkanes of at least 4 members (excludes halogenated alkanes) is 1. The highest BCUT2D eigenvalue weighted by Gasteiger charge is 2.27. The molecule has 0 unspecified atom stereocenters. The molecule has 0 rings (SSSR count). The van der Waals surface area contributed by atoms with E-state index in [-0.39, 0.29) is 49.6 Å². The first kappa shape index (κ1) is 28.2. The van der Waals surface area contributed by atoms with E-state index in [9.17, 15) is 28.8 Å². The van der Waals surface area contributed by atoms with Gasteiger partial charge in [0.05, 0.1) is 0 Å². The van der Waals surface area contributed by atoms with Crippen LogP contribution in [0.15, 0.2) is 0 Å². The molecule has 0 aliphatic rings. The molecule has 176 valence electrons. The van der Waals surface area contributed by atoms with Gasteiger partial charge in [0.2, 0.25) is 11.8 Å². The van der Waals surface area contributed by atoms with Crippen molar-refractivity contribution >= 4 is 35.3 Å². The average Bonchev–Trinajstić information content (AvgIpc) is 2.66. The van der Waals surface area contributed by atoms with E-state index >= 15 is 0 Å². The van der Waals surface area contributed by atoms with E-state index in [1.807, 2.05) is 6.92 Å². The molecule has 3 atom stereocenters. The second-order valence-electron chi connectivity index (χ2n) is 7.83. The highest BCUT2D eigenvalue weighted by atomic mass is 16.4. The van der Waals surface area contributed by atoms with Gasteiger partial charge in [-0.05, 0) is 39.5 Å². The molecule has 0 aromatic rings. The Morgan fingerprint density at radius 3 is 1.90 bits per heavy atom. The van der Waals surface area contributed by atoms with Crippen LogP contribution in [0.1, 0.15) is 72.1 Å². The van der Waals surface area contributed by atoms with Crippen molar-refractivity contribution in [3.05, 3.63) is 0 Å². The predicted molar refractivity (Wildman–Crippen MR) is 111 cm³/mol. The lowest BCUT2D eigenvalue weighted by Crippen LogP contribution is -2.49. The Labute approximate surface area is 182 Å². The van der Waals surface area contributed by atoms with E-state index < -0.39 is 35.7 Å². The summed E-state index contributed by atoms with van der Waals surface area (Å²) in [5, 5.41) is 22.9. The number of nitrogens with one attached hydrogen (secondary N) is 2. The molecular weight excluding hydrogens is 408 g/mol. The van der Waals surface area contributed by atoms with Crippen LogP contribution in [0.4, 0.5) is 0 Å². The molecule has 0 radical (unpaired) electrons. The Kier molecular flexibility index (Phi) is 13.7. The number of carbonyl (C=O) groups excluding carboxylic acids is 4. The number of aliphatic carboxylic acids is 2. The number of amides is 2. The van der Waals surface area contributed by atoms with E-state index in [4.69, 9.17) is 10.2 Å². The summed E-state index contributed by atoms with van der Waals surface area (Å²) in [7, 11) is 0. The van der Waals surface area contributed by atoms with Crippen LogP contribution in [-0.4, -0.2) is 58.1 Å². The van der Waals surface area contributed by atoms with Crippen molar-refractivity contribution in [2.24, 2.45) is 11.8 Å². The molecule has 10 heteroatoms. The molecule has 4 N–H and O–H groups in total. The topological polar surface area (TPSA) is 167 Å². The van der Waals surface area contributed by atoms with Gasteiger partial charge in [-0.3, -0.25) is 24.0 Å². The fraction of sp³-hybridized carbons (Fsp3) is 0.714. The van der Waals surface area contributed by atoms with Gasteiger partial charge in [-0.1, -0.05) is 13.3 Å². The second kappa shape index (κ2) is 15.1. The monoisotopic (exact) mass is 442 g/mol. The largest absolute Gasteiger partial charge is 0.481 e. The van der Waals surface area contributed by atoms with Crippen LogP contribution in [0.5, 0.6) is 0 Å². The van der Waals surface area contributed by atoms with Crippen molar-refractivity contribution in [3.63, 3.8) is 0 Å². The normalized spacial score (nSPS) is 13.5. The maximum Gasteiger partial charge on any atom is 0.303 e. The molecule has 0 aromatic carbocycles. The molecule has 0 fully saturated rings. The van der Waals surface area contributed by atoms with Crippen LogP contribution < -0.4 is 10.6 Å². The van der Waals surface area contributed by atoms with Crippen molar-refractivity contribution in [3.8, 4) is 0 Å². The summed E-state index contributed by atoms with van der Waals surface area (Å²) in [5.74, 6) is -4.60. The maximum atomic E-state index is 12.6. The van der Waals surface area contributed by atoms with Gasteiger partial charge >= 0.3 is 11.9 Å². The molecule has 0 spiro atoms. The van der Waals surface area contributed by atoms with Crippen LogP contribution in [-0.2, 0) is 28.8 Å². The van der Waals surface area contributed by atoms with E-state index in [2.05, 4.69) is 10.6 Å². The highest BCUT2D eigenvalue weighted by Crippen LogP contribution is 2.14. The number of ketones is 2. The summed E-state index contributed by atoms with van der Waals surface area (Å²) in [4.78, 5) is 69.4. The van der Waals surface area contributed by atoms with Crippen molar-refractivity contribution in [1.82, 2.24) is 10.6 Å². The van der Waals surface area contributed by atoms with Crippen molar-refractivity contribution in [2.75, 3.05) is 6.54 Å². The van der Waals surface area contributed by atoms with E-state index in [1.54, 1.807) is 0 Å². The summed E-state index contributed by atoms with van der Waals surface area (Å²) in [6.45, 7) is 4.94. The molecule has 0 aliphatic heterocycles. The van der Waals surface area contributed by atoms with Crippen molar-refractivity contribution in [1.29, 1.82) is 0 Å². The number of carboxylic acid groups (broad SMARTS) is 2. The molecule has 0 heterocycles. The van der Waals surface area contributed by atoms with Crippen LogP contribution in [0.3, 0.4) is 0 Å². The summed E-state index contributed by atoms with van der Waals surface area (Å²) >= 11 is 0. The zero-order chi connectivity index (χ0) is 24.0. The van der Waals surface area contributed by atoms with Crippen LogP contribution in [0.2, 0.25) is 0 Å². The van der Waals surface area contributed by atoms with Crippen LogP contribution in [0.25, 0.3) is 0 Å². The zero-order valence-corrected chi connectivity index (χ0v) is 18.4. The van der Waals surface area contributed by atoms with Crippen LogP contribution >= 0.6 is 0 Å². The Bertz CT molecular complexity index is 662. The number of hydrogen-bond donors (Lipinski definition) is 4. The lowest BCUT2D eigenvalue weighted by molar-refractivity contribution is -0.140. The average molecular weight is 443 g/mol. The SMILES string of the molecule is CC(=O)C[C@@H](CCC(=O)O)C(=O)N[C@@H](CCC(=O)O)C(=O)NCCCC[C@H](C)C(C)=O. The van der Waals surface area contributed by atoms with Crippen LogP contribution in [0, 0.1) is 11.8 Å².